The van der Waals surface area contributed by atoms with E-state index in [0.717, 1.165) is 11.3 Å². The second-order valence-corrected chi connectivity index (χ2v) is 3.49. The average Bonchev–Trinajstić information content (AvgIpc) is 2.16. The highest BCUT2D eigenvalue weighted by Crippen LogP contribution is 2.12. The fraction of sp³-hybridized carbons (Fsp3) is 0.364. The molecule has 0 spiro atoms. The minimum Gasteiger partial charge on any atom is -0.399 e. The van der Waals surface area contributed by atoms with Crippen LogP contribution in [0.2, 0.25) is 0 Å². The van der Waals surface area contributed by atoms with E-state index in [1.165, 1.54) is 0 Å². The first-order valence-electron chi connectivity index (χ1n) is 4.65. The topological polar surface area (TPSA) is 46.3 Å². The quantitative estimate of drug-likeness (QED) is 0.733. The zero-order valence-corrected chi connectivity index (χ0v) is 8.66. The lowest BCUT2D eigenvalue weighted by Gasteiger charge is -2.10. The normalized spacial score (nSPS) is 9.86. The number of hydrogen-bond donors (Lipinski definition) is 1. The lowest BCUT2D eigenvalue weighted by atomic mass is 10.1. The van der Waals surface area contributed by atoms with Crippen LogP contribution in [0.15, 0.2) is 24.3 Å². The summed E-state index contributed by atoms with van der Waals surface area (Å²) >= 11 is 0. The number of nitrogens with two attached hydrogens (primary N) is 1. The fourth-order valence-electron chi connectivity index (χ4n) is 1.23. The predicted octanol–water partition coefficient (Wildman–Crippen LogP) is 1.29. The summed E-state index contributed by atoms with van der Waals surface area (Å²) in [5.41, 5.74) is 7.57. The van der Waals surface area contributed by atoms with Crippen LogP contribution in [0, 0.1) is 0 Å². The first kappa shape index (κ1) is 10.6. The Hall–Kier alpha value is -1.51. The summed E-state index contributed by atoms with van der Waals surface area (Å²) < 4.78 is 0. The number of carbonyl (C=O) groups is 1. The largest absolute Gasteiger partial charge is 0.399 e. The smallest absolute Gasteiger partial charge is 0.222 e. The number of rotatable bonds is 3. The van der Waals surface area contributed by atoms with E-state index in [-0.39, 0.29) is 5.91 Å². The number of amides is 1. The molecule has 1 aromatic rings. The first-order valence-corrected chi connectivity index (χ1v) is 4.65. The van der Waals surface area contributed by atoms with Crippen LogP contribution >= 0.6 is 0 Å². The number of nitrogens with zero attached hydrogens (tertiary/aromatic N) is 1. The third kappa shape index (κ3) is 2.76. The van der Waals surface area contributed by atoms with Crippen LogP contribution < -0.4 is 5.73 Å². The number of para-hydroxylation sites is 1. The van der Waals surface area contributed by atoms with E-state index < -0.39 is 0 Å². The molecule has 0 unspecified atom stereocenters. The third-order valence-electron chi connectivity index (χ3n) is 2.16. The Balaban J connectivity index is 2.54. The molecule has 1 amide bonds. The summed E-state index contributed by atoms with van der Waals surface area (Å²) in [6.07, 6.45) is 1.23. The molecular weight excluding hydrogens is 176 g/mol. The summed E-state index contributed by atoms with van der Waals surface area (Å²) in [7, 11) is 3.52. The molecule has 0 saturated heterocycles. The third-order valence-corrected chi connectivity index (χ3v) is 2.16. The van der Waals surface area contributed by atoms with Crippen molar-refractivity contribution in [2.24, 2.45) is 0 Å². The number of benzene rings is 1. The maximum absolute atomic E-state index is 11.3. The van der Waals surface area contributed by atoms with Crippen LogP contribution in [0.3, 0.4) is 0 Å². The van der Waals surface area contributed by atoms with Crippen molar-refractivity contribution in [3.05, 3.63) is 29.8 Å². The van der Waals surface area contributed by atoms with Crippen molar-refractivity contribution in [1.82, 2.24) is 4.90 Å². The van der Waals surface area contributed by atoms with Gasteiger partial charge in [-0.2, -0.15) is 0 Å². The Bertz CT molecular complexity index is 321. The van der Waals surface area contributed by atoms with E-state index in [4.69, 9.17) is 5.73 Å². The van der Waals surface area contributed by atoms with E-state index in [0.29, 0.717) is 12.8 Å². The Morgan fingerprint density at radius 3 is 2.57 bits per heavy atom. The van der Waals surface area contributed by atoms with Gasteiger partial charge in [-0.25, -0.2) is 0 Å². The molecular formula is C11H16N2O. The van der Waals surface area contributed by atoms with Gasteiger partial charge in [-0.1, -0.05) is 18.2 Å². The molecule has 1 rings (SSSR count). The van der Waals surface area contributed by atoms with Gasteiger partial charge >= 0.3 is 0 Å². The molecule has 0 saturated carbocycles. The Kier molecular flexibility index (Phi) is 3.51. The second-order valence-electron chi connectivity index (χ2n) is 3.49. The van der Waals surface area contributed by atoms with Crippen LogP contribution in [0.1, 0.15) is 12.0 Å². The standard InChI is InChI=1S/C11H16N2O/c1-13(2)11(14)8-7-9-5-3-4-6-10(9)12/h3-6H,7-8,12H2,1-2H3. The lowest BCUT2D eigenvalue weighted by molar-refractivity contribution is -0.128. The Morgan fingerprint density at radius 1 is 1.36 bits per heavy atom. The number of hydrogen-bond acceptors (Lipinski definition) is 2. The van der Waals surface area contributed by atoms with Crippen molar-refractivity contribution < 1.29 is 4.79 Å². The van der Waals surface area contributed by atoms with Gasteiger partial charge in [-0.15, -0.1) is 0 Å². The molecule has 1 aromatic carbocycles. The zero-order chi connectivity index (χ0) is 10.6. The molecule has 0 heterocycles. The monoisotopic (exact) mass is 192 g/mol. The molecule has 0 aliphatic heterocycles. The summed E-state index contributed by atoms with van der Waals surface area (Å²) in [6, 6.07) is 7.65. The van der Waals surface area contributed by atoms with Crippen LogP contribution in [0.5, 0.6) is 0 Å². The summed E-state index contributed by atoms with van der Waals surface area (Å²) in [5.74, 6) is 0.133. The van der Waals surface area contributed by atoms with Crippen molar-refractivity contribution in [3.8, 4) is 0 Å². The van der Waals surface area contributed by atoms with Gasteiger partial charge in [0.05, 0.1) is 0 Å². The number of nitrogen functional groups attached to an aromatic ring is 1. The number of anilines is 1. The van der Waals surface area contributed by atoms with Crippen LogP contribution in [0.4, 0.5) is 5.69 Å². The molecule has 0 aliphatic carbocycles. The van der Waals surface area contributed by atoms with E-state index in [9.17, 15) is 4.79 Å². The molecule has 3 heteroatoms. The minimum atomic E-state index is 0.133. The highest BCUT2D eigenvalue weighted by Gasteiger charge is 2.05. The maximum atomic E-state index is 11.3. The van der Waals surface area contributed by atoms with Gasteiger partial charge < -0.3 is 10.6 Å². The van der Waals surface area contributed by atoms with Crippen LogP contribution in [-0.4, -0.2) is 24.9 Å². The molecule has 2 N–H and O–H groups in total. The molecule has 0 aliphatic rings. The molecule has 14 heavy (non-hydrogen) atoms. The average molecular weight is 192 g/mol. The highest BCUT2D eigenvalue weighted by atomic mass is 16.2. The molecule has 0 radical (unpaired) electrons. The van der Waals surface area contributed by atoms with E-state index in [2.05, 4.69) is 0 Å². The van der Waals surface area contributed by atoms with Gasteiger partial charge in [-0.3, -0.25) is 4.79 Å². The maximum Gasteiger partial charge on any atom is 0.222 e. The first-order chi connectivity index (χ1) is 6.61. The Morgan fingerprint density at radius 2 is 2.00 bits per heavy atom. The van der Waals surface area contributed by atoms with Gasteiger partial charge in [0, 0.05) is 26.2 Å². The predicted molar refractivity (Wildman–Crippen MR) is 57.9 cm³/mol. The Labute approximate surface area is 84.5 Å². The van der Waals surface area contributed by atoms with Crippen LogP contribution in [-0.2, 0) is 11.2 Å². The number of carbonyl (C=O) groups excluding carboxylic acids is 1. The zero-order valence-electron chi connectivity index (χ0n) is 8.66. The molecule has 0 fully saturated rings. The fourth-order valence-corrected chi connectivity index (χ4v) is 1.23. The summed E-state index contributed by atoms with van der Waals surface area (Å²) in [6.45, 7) is 0. The van der Waals surface area contributed by atoms with Crippen molar-refractivity contribution in [1.29, 1.82) is 0 Å². The van der Waals surface area contributed by atoms with Gasteiger partial charge in [0.25, 0.3) is 0 Å². The van der Waals surface area contributed by atoms with Crippen LogP contribution in [0.25, 0.3) is 0 Å². The molecule has 76 valence electrons. The van der Waals surface area contributed by atoms with E-state index in [1.807, 2.05) is 24.3 Å². The number of aryl methyl sites for hydroxylation is 1. The molecule has 0 bridgehead atoms. The van der Waals surface area contributed by atoms with Crippen molar-refractivity contribution in [2.45, 2.75) is 12.8 Å². The lowest BCUT2D eigenvalue weighted by Crippen LogP contribution is -2.21. The van der Waals surface area contributed by atoms with Gasteiger partial charge in [0.1, 0.15) is 0 Å². The van der Waals surface area contributed by atoms with Gasteiger partial charge in [0.15, 0.2) is 0 Å². The van der Waals surface area contributed by atoms with Crippen molar-refractivity contribution in [3.63, 3.8) is 0 Å². The molecule has 0 aromatic heterocycles. The molecule has 3 nitrogen and oxygen atoms in total. The van der Waals surface area contributed by atoms with Crippen molar-refractivity contribution in [2.75, 3.05) is 19.8 Å². The van der Waals surface area contributed by atoms with Crippen molar-refractivity contribution >= 4 is 11.6 Å². The SMILES string of the molecule is CN(C)C(=O)CCc1ccccc1N. The minimum absolute atomic E-state index is 0.133. The highest BCUT2D eigenvalue weighted by molar-refractivity contribution is 5.76. The summed E-state index contributed by atoms with van der Waals surface area (Å²) in [4.78, 5) is 12.9. The van der Waals surface area contributed by atoms with E-state index in [1.54, 1.807) is 19.0 Å². The second kappa shape index (κ2) is 4.65. The molecule has 0 atom stereocenters. The van der Waals surface area contributed by atoms with E-state index >= 15 is 0 Å². The van der Waals surface area contributed by atoms with Gasteiger partial charge in [-0.05, 0) is 18.1 Å². The summed E-state index contributed by atoms with van der Waals surface area (Å²) in [5, 5.41) is 0. The van der Waals surface area contributed by atoms with Gasteiger partial charge in [0.2, 0.25) is 5.91 Å².